The van der Waals surface area contributed by atoms with Crippen molar-refractivity contribution in [3.8, 4) is 5.75 Å². The third-order valence-corrected chi connectivity index (χ3v) is 5.99. The van der Waals surface area contributed by atoms with Crippen LogP contribution in [0, 0.1) is 6.92 Å². The van der Waals surface area contributed by atoms with E-state index in [9.17, 15) is 14.7 Å². The van der Waals surface area contributed by atoms with Gasteiger partial charge in [-0.1, -0.05) is 47.1 Å². The Morgan fingerprint density at radius 3 is 2.59 bits per heavy atom. The SMILES string of the molecule is CCN1C(=O)[C@H](CC(=O)Nc2cccc(C)c2)SC1=Nc1cc(Cl)c(O)c(Cl)c1. The molecule has 0 radical (unpaired) electrons. The maximum Gasteiger partial charge on any atom is 0.242 e. The summed E-state index contributed by atoms with van der Waals surface area (Å²) in [5, 5.41) is 12.5. The number of rotatable bonds is 5. The Labute approximate surface area is 182 Å². The number of amidine groups is 1. The third-order valence-electron chi connectivity index (χ3n) is 4.24. The van der Waals surface area contributed by atoms with Crippen molar-refractivity contribution in [1.29, 1.82) is 0 Å². The number of aromatic hydroxyl groups is 1. The highest BCUT2D eigenvalue weighted by Gasteiger charge is 2.38. The average molecular weight is 452 g/mol. The smallest absolute Gasteiger partial charge is 0.242 e. The van der Waals surface area contributed by atoms with Crippen molar-refractivity contribution in [1.82, 2.24) is 4.90 Å². The molecule has 2 aromatic rings. The van der Waals surface area contributed by atoms with Gasteiger partial charge in [-0.25, -0.2) is 4.99 Å². The topological polar surface area (TPSA) is 82.0 Å². The Bertz CT molecular complexity index is 974. The first-order valence-corrected chi connectivity index (χ1v) is 10.5. The second-order valence-electron chi connectivity index (χ2n) is 6.46. The molecule has 1 saturated heterocycles. The molecular formula is C20H19Cl2N3O3S. The average Bonchev–Trinajstić information content (AvgIpc) is 2.93. The molecule has 1 fully saturated rings. The molecule has 0 aliphatic carbocycles. The van der Waals surface area contributed by atoms with Gasteiger partial charge < -0.3 is 10.4 Å². The van der Waals surface area contributed by atoms with Crippen LogP contribution in [0.5, 0.6) is 5.75 Å². The van der Waals surface area contributed by atoms with Crippen LogP contribution in [0.1, 0.15) is 18.9 Å². The van der Waals surface area contributed by atoms with Crippen LogP contribution in [0.4, 0.5) is 11.4 Å². The molecule has 0 bridgehead atoms. The number of nitrogens with zero attached hydrogens (tertiary/aromatic N) is 2. The van der Waals surface area contributed by atoms with Crippen LogP contribution in [0.2, 0.25) is 10.0 Å². The fraction of sp³-hybridized carbons (Fsp3) is 0.250. The van der Waals surface area contributed by atoms with Gasteiger partial charge in [0.15, 0.2) is 10.9 Å². The van der Waals surface area contributed by atoms with Crippen LogP contribution in [0.3, 0.4) is 0 Å². The number of aryl methyl sites for hydroxylation is 1. The molecule has 0 aromatic heterocycles. The van der Waals surface area contributed by atoms with Gasteiger partial charge in [-0.2, -0.15) is 0 Å². The number of carbonyl (C=O) groups is 2. The highest BCUT2D eigenvalue weighted by molar-refractivity contribution is 8.15. The van der Waals surface area contributed by atoms with Gasteiger partial charge in [0, 0.05) is 18.7 Å². The summed E-state index contributed by atoms with van der Waals surface area (Å²) in [5.74, 6) is -0.633. The Morgan fingerprint density at radius 1 is 1.28 bits per heavy atom. The van der Waals surface area contributed by atoms with Gasteiger partial charge in [0.2, 0.25) is 11.8 Å². The Kier molecular flexibility index (Phi) is 6.72. The van der Waals surface area contributed by atoms with E-state index in [1.165, 1.54) is 28.8 Å². The molecule has 1 atom stereocenters. The first kappa shape index (κ1) is 21.5. The van der Waals surface area contributed by atoms with Crippen LogP contribution >= 0.6 is 35.0 Å². The summed E-state index contributed by atoms with van der Waals surface area (Å²) in [5.41, 5.74) is 2.14. The van der Waals surface area contributed by atoms with Crippen LogP contribution in [0.25, 0.3) is 0 Å². The quantitative estimate of drug-likeness (QED) is 0.670. The Balaban J connectivity index is 1.75. The molecule has 3 rings (SSSR count). The van der Waals surface area contributed by atoms with Gasteiger partial charge in [-0.05, 0) is 43.7 Å². The van der Waals surface area contributed by atoms with Crippen LogP contribution in [-0.4, -0.2) is 38.8 Å². The van der Waals surface area contributed by atoms with Crippen molar-refractivity contribution in [2.75, 3.05) is 11.9 Å². The van der Waals surface area contributed by atoms with Gasteiger partial charge in [0.05, 0.1) is 15.7 Å². The lowest BCUT2D eigenvalue weighted by Gasteiger charge is -2.13. The number of amides is 2. The van der Waals surface area contributed by atoms with Gasteiger partial charge in [-0.3, -0.25) is 14.5 Å². The molecular weight excluding hydrogens is 433 g/mol. The predicted octanol–water partition coefficient (Wildman–Crippen LogP) is 4.99. The van der Waals surface area contributed by atoms with E-state index in [1.807, 2.05) is 32.0 Å². The third kappa shape index (κ3) is 5.04. The number of hydrogen-bond donors (Lipinski definition) is 2. The van der Waals surface area contributed by atoms with E-state index in [0.29, 0.717) is 23.1 Å². The summed E-state index contributed by atoms with van der Waals surface area (Å²) in [6.45, 7) is 4.19. The van der Waals surface area contributed by atoms with Crippen LogP contribution in [0.15, 0.2) is 41.4 Å². The second-order valence-corrected chi connectivity index (χ2v) is 8.45. The molecule has 9 heteroatoms. The van der Waals surface area contributed by atoms with Crippen molar-refractivity contribution < 1.29 is 14.7 Å². The zero-order chi connectivity index (χ0) is 21.1. The second kappa shape index (κ2) is 9.07. The standard InChI is InChI=1S/C20H19Cl2N3O3S/c1-3-25-19(28)16(10-17(26)23-12-6-4-5-11(2)7-12)29-20(25)24-13-8-14(21)18(27)15(22)9-13/h4-9,16,27H,3,10H2,1-2H3,(H,23,26)/t16-/m0/s1. The van der Waals surface area contributed by atoms with Crippen molar-refractivity contribution >= 4 is 63.3 Å². The molecule has 0 saturated carbocycles. The van der Waals surface area contributed by atoms with E-state index in [-0.39, 0.29) is 34.0 Å². The van der Waals surface area contributed by atoms with E-state index in [1.54, 1.807) is 6.07 Å². The molecule has 1 aliphatic rings. The number of hydrogen-bond acceptors (Lipinski definition) is 5. The minimum absolute atomic E-state index is 0.0318. The molecule has 0 spiro atoms. The Hall–Kier alpha value is -2.22. The summed E-state index contributed by atoms with van der Waals surface area (Å²) in [6, 6.07) is 10.4. The lowest BCUT2D eigenvalue weighted by atomic mass is 10.2. The van der Waals surface area contributed by atoms with E-state index in [2.05, 4.69) is 10.3 Å². The lowest BCUT2D eigenvalue weighted by Crippen LogP contribution is -2.33. The van der Waals surface area contributed by atoms with E-state index in [0.717, 1.165) is 5.56 Å². The van der Waals surface area contributed by atoms with Crippen molar-refractivity contribution in [3.63, 3.8) is 0 Å². The van der Waals surface area contributed by atoms with Crippen molar-refractivity contribution in [2.24, 2.45) is 4.99 Å². The summed E-state index contributed by atoms with van der Waals surface area (Å²) in [7, 11) is 0. The summed E-state index contributed by atoms with van der Waals surface area (Å²) >= 11 is 13.1. The summed E-state index contributed by atoms with van der Waals surface area (Å²) in [4.78, 5) is 31.1. The Morgan fingerprint density at radius 2 is 1.97 bits per heavy atom. The summed E-state index contributed by atoms with van der Waals surface area (Å²) in [6.07, 6.45) is 0.0318. The fourth-order valence-electron chi connectivity index (χ4n) is 2.85. The highest BCUT2D eigenvalue weighted by atomic mass is 35.5. The lowest BCUT2D eigenvalue weighted by molar-refractivity contribution is -0.128. The number of carbonyl (C=O) groups excluding carboxylic acids is 2. The number of nitrogens with one attached hydrogen (secondary N) is 1. The van der Waals surface area contributed by atoms with Crippen LogP contribution < -0.4 is 5.32 Å². The zero-order valence-electron chi connectivity index (χ0n) is 15.8. The van der Waals surface area contributed by atoms with Crippen molar-refractivity contribution in [3.05, 3.63) is 52.0 Å². The first-order valence-electron chi connectivity index (χ1n) is 8.89. The fourth-order valence-corrected chi connectivity index (χ4v) is 4.54. The van der Waals surface area contributed by atoms with Gasteiger partial charge in [-0.15, -0.1) is 0 Å². The molecule has 0 unspecified atom stereocenters. The number of halogens is 2. The highest BCUT2D eigenvalue weighted by Crippen LogP contribution is 2.37. The number of phenols is 1. The number of phenolic OH excluding ortho intramolecular Hbond substituents is 1. The molecule has 152 valence electrons. The number of aliphatic imine (C=N–C) groups is 1. The molecule has 6 nitrogen and oxygen atoms in total. The van der Waals surface area contributed by atoms with Gasteiger partial charge >= 0.3 is 0 Å². The molecule has 29 heavy (non-hydrogen) atoms. The molecule has 1 aliphatic heterocycles. The maximum absolute atomic E-state index is 12.7. The maximum atomic E-state index is 12.7. The number of anilines is 1. The summed E-state index contributed by atoms with van der Waals surface area (Å²) < 4.78 is 0. The molecule has 1 heterocycles. The van der Waals surface area contributed by atoms with Crippen molar-refractivity contribution in [2.45, 2.75) is 25.5 Å². The largest absolute Gasteiger partial charge is 0.505 e. The van der Waals surface area contributed by atoms with Gasteiger partial charge in [0.1, 0.15) is 5.25 Å². The molecule has 2 N–H and O–H groups in total. The van der Waals surface area contributed by atoms with E-state index in [4.69, 9.17) is 23.2 Å². The van der Waals surface area contributed by atoms with E-state index < -0.39 is 5.25 Å². The minimum Gasteiger partial charge on any atom is -0.505 e. The number of thioether (sulfide) groups is 1. The van der Waals surface area contributed by atoms with E-state index >= 15 is 0 Å². The minimum atomic E-state index is -0.568. The molecule has 2 aromatic carbocycles. The number of benzene rings is 2. The van der Waals surface area contributed by atoms with Gasteiger partial charge in [0.25, 0.3) is 0 Å². The zero-order valence-corrected chi connectivity index (χ0v) is 18.1. The predicted molar refractivity (Wildman–Crippen MR) is 118 cm³/mol. The molecule has 2 amide bonds. The first-order chi connectivity index (χ1) is 13.8. The normalized spacial score (nSPS) is 17.8. The van der Waals surface area contributed by atoms with Crippen LogP contribution in [-0.2, 0) is 9.59 Å². The monoisotopic (exact) mass is 451 g/mol.